The first-order valence-electron chi connectivity index (χ1n) is 6.79. The van der Waals surface area contributed by atoms with Gasteiger partial charge in [-0.2, -0.15) is 0 Å². The van der Waals surface area contributed by atoms with Crippen LogP contribution in [-0.4, -0.2) is 23.5 Å². The number of hydrogen-bond donors (Lipinski definition) is 1. The number of carbonyl (C=O) groups is 2. The summed E-state index contributed by atoms with van der Waals surface area (Å²) in [5.41, 5.74) is 1.49. The fraction of sp³-hybridized carbons (Fsp3) is 0.176. The third-order valence-electron chi connectivity index (χ3n) is 3.40. The molecular weight excluding hydrogens is 284 g/mol. The second-order valence-corrected chi connectivity index (χ2v) is 5.15. The van der Waals surface area contributed by atoms with Crippen LogP contribution in [0.1, 0.15) is 32.7 Å². The van der Waals surface area contributed by atoms with E-state index in [0.717, 1.165) is 5.56 Å². The molecule has 1 N–H and O–H groups in total. The highest BCUT2D eigenvalue weighted by molar-refractivity contribution is 6.13. The number of aromatic hydroxyl groups is 1. The second kappa shape index (κ2) is 5.52. The SMILES string of the molecule is Cc1cc(O)cc(C(=O)CC(=O)c2ccc3c(c2)OCO3)c1. The average molecular weight is 298 g/mol. The van der Waals surface area contributed by atoms with E-state index in [1.807, 2.05) is 0 Å². The molecule has 0 amide bonds. The topological polar surface area (TPSA) is 72.8 Å². The van der Waals surface area contributed by atoms with Gasteiger partial charge in [-0.15, -0.1) is 0 Å². The van der Waals surface area contributed by atoms with Crippen molar-refractivity contribution in [3.8, 4) is 17.2 Å². The van der Waals surface area contributed by atoms with Gasteiger partial charge >= 0.3 is 0 Å². The molecule has 1 aliphatic rings. The number of benzene rings is 2. The third-order valence-corrected chi connectivity index (χ3v) is 3.40. The number of Topliss-reactive ketones (excluding diaryl/α,β-unsaturated/α-hetero) is 2. The minimum absolute atomic E-state index is 0.0129. The fourth-order valence-corrected chi connectivity index (χ4v) is 2.34. The van der Waals surface area contributed by atoms with Gasteiger partial charge in [-0.1, -0.05) is 0 Å². The molecular formula is C17H14O5. The zero-order valence-corrected chi connectivity index (χ0v) is 12.0. The number of ketones is 2. The van der Waals surface area contributed by atoms with E-state index >= 15 is 0 Å². The molecule has 5 heteroatoms. The molecule has 0 aliphatic carbocycles. The molecule has 0 radical (unpaired) electrons. The fourth-order valence-electron chi connectivity index (χ4n) is 2.34. The van der Waals surface area contributed by atoms with Gasteiger partial charge in [-0.25, -0.2) is 0 Å². The molecule has 5 nitrogen and oxygen atoms in total. The number of hydrogen-bond acceptors (Lipinski definition) is 5. The monoisotopic (exact) mass is 298 g/mol. The number of phenols is 1. The summed E-state index contributed by atoms with van der Waals surface area (Å²) in [6.45, 7) is 1.91. The standard InChI is InChI=1S/C17H14O5/c1-10-4-12(6-13(18)5-10)15(20)8-14(19)11-2-3-16-17(7-11)22-9-21-16/h2-7,18H,8-9H2,1H3. The first-order valence-corrected chi connectivity index (χ1v) is 6.79. The van der Waals surface area contributed by atoms with Crippen molar-refractivity contribution in [1.29, 1.82) is 0 Å². The van der Waals surface area contributed by atoms with E-state index in [-0.39, 0.29) is 30.5 Å². The summed E-state index contributed by atoms with van der Waals surface area (Å²) in [6.07, 6.45) is -0.261. The first kappa shape index (κ1) is 14.1. The van der Waals surface area contributed by atoms with Crippen molar-refractivity contribution >= 4 is 11.6 Å². The summed E-state index contributed by atoms with van der Waals surface area (Å²) < 4.78 is 10.4. The largest absolute Gasteiger partial charge is 0.508 e. The molecule has 0 bridgehead atoms. The van der Waals surface area contributed by atoms with E-state index in [2.05, 4.69) is 0 Å². The number of aryl methyl sites for hydroxylation is 1. The predicted octanol–water partition coefficient (Wildman–Crippen LogP) is 2.89. The van der Waals surface area contributed by atoms with Crippen LogP contribution in [0.4, 0.5) is 0 Å². The Hall–Kier alpha value is -2.82. The maximum absolute atomic E-state index is 12.2. The summed E-state index contributed by atoms with van der Waals surface area (Å²) in [5.74, 6) is 0.475. The Morgan fingerprint density at radius 3 is 2.50 bits per heavy atom. The van der Waals surface area contributed by atoms with Gasteiger partial charge in [0.25, 0.3) is 0 Å². The highest BCUT2D eigenvalue weighted by atomic mass is 16.7. The summed E-state index contributed by atoms with van der Waals surface area (Å²) in [5, 5.41) is 9.53. The molecule has 2 aromatic rings. The van der Waals surface area contributed by atoms with Crippen molar-refractivity contribution in [2.24, 2.45) is 0 Å². The predicted molar refractivity (Wildman–Crippen MR) is 78.7 cm³/mol. The second-order valence-electron chi connectivity index (χ2n) is 5.15. The molecule has 2 aromatic carbocycles. The van der Waals surface area contributed by atoms with Gasteiger partial charge in [0.1, 0.15) is 5.75 Å². The van der Waals surface area contributed by atoms with E-state index in [1.165, 1.54) is 6.07 Å². The lowest BCUT2D eigenvalue weighted by Crippen LogP contribution is -2.08. The highest BCUT2D eigenvalue weighted by Gasteiger charge is 2.19. The molecule has 0 saturated heterocycles. The Morgan fingerprint density at radius 2 is 1.73 bits per heavy atom. The van der Waals surface area contributed by atoms with E-state index in [1.54, 1.807) is 37.3 Å². The third kappa shape index (κ3) is 2.79. The number of phenolic OH excluding ortho intramolecular Hbond substituents is 1. The molecule has 112 valence electrons. The molecule has 1 aliphatic heterocycles. The van der Waals surface area contributed by atoms with Crippen LogP contribution in [-0.2, 0) is 0 Å². The van der Waals surface area contributed by atoms with Gasteiger partial charge in [0, 0.05) is 11.1 Å². The Kier molecular flexibility index (Phi) is 3.55. The Balaban J connectivity index is 1.77. The molecule has 0 spiro atoms. The Morgan fingerprint density at radius 1 is 1.00 bits per heavy atom. The molecule has 0 fully saturated rings. The van der Waals surface area contributed by atoms with Gasteiger partial charge in [-0.3, -0.25) is 9.59 Å². The Labute approximate surface area is 127 Å². The maximum Gasteiger partial charge on any atom is 0.231 e. The van der Waals surface area contributed by atoms with Crippen LogP contribution >= 0.6 is 0 Å². The van der Waals surface area contributed by atoms with E-state index in [9.17, 15) is 14.7 Å². The van der Waals surface area contributed by atoms with Gasteiger partial charge in [0.05, 0.1) is 6.42 Å². The van der Waals surface area contributed by atoms with Crippen LogP contribution < -0.4 is 9.47 Å². The number of fused-ring (bicyclic) bond motifs is 1. The van der Waals surface area contributed by atoms with E-state index in [4.69, 9.17) is 9.47 Å². The molecule has 0 unspecified atom stereocenters. The molecule has 0 atom stereocenters. The van der Waals surface area contributed by atoms with Gasteiger partial charge in [0.2, 0.25) is 6.79 Å². The van der Waals surface area contributed by atoms with Gasteiger partial charge in [0.15, 0.2) is 23.1 Å². The van der Waals surface area contributed by atoms with Crippen LogP contribution in [0.2, 0.25) is 0 Å². The summed E-state index contributed by atoms with van der Waals surface area (Å²) >= 11 is 0. The number of ether oxygens (including phenoxy) is 2. The smallest absolute Gasteiger partial charge is 0.231 e. The maximum atomic E-state index is 12.2. The summed E-state index contributed by atoms with van der Waals surface area (Å²) in [4.78, 5) is 24.4. The van der Waals surface area contributed by atoms with Crippen molar-refractivity contribution in [2.75, 3.05) is 6.79 Å². The highest BCUT2D eigenvalue weighted by Crippen LogP contribution is 2.32. The summed E-state index contributed by atoms with van der Waals surface area (Å²) in [6, 6.07) is 9.40. The lowest BCUT2D eigenvalue weighted by atomic mass is 10.00. The number of carbonyl (C=O) groups excluding carboxylic acids is 2. The molecule has 0 saturated carbocycles. The molecule has 22 heavy (non-hydrogen) atoms. The van der Waals surface area contributed by atoms with Crippen molar-refractivity contribution in [3.63, 3.8) is 0 Å². The Bertz CT molecular complexity index is 743. The minimum atomic E-state index is -0.332. The van der Waals surface area contributed by atoms with Crippen LogP contribution in [0.5, 0.6) is 17.2 Å². The summed E-state index contributed by atoms with van der Waals surface area (Å²) in [7, 11) is 0. The van der Waals surface area contributed by atoms with Crippen LogP contribution in [0.25, 0.3) is 0 Å². The molecule has 3 rings (SSSR count). The first-order chi connectivity index (χ1) is 10.5. The van der Waals surface area contributed by atoms with Crippen LogP contribution in [0.3, 0.4) is 0 Å². The van der Waals surface area contributed by atoms with E-state index in [0.29, 0.717) is 22.6 Å². The minimum Gasteiger partial charge on any atom is -0.508 e. The van der Waals surface area contributed by atoms with Gasteiger partial charge < -0.3 is 14.6 Å². The molecule has 1 heterocycles. The van der Waals surface area contributed by atoms with Gasteiger partial charge in [-0.05, 0) is 48.9 Å². The van der Waals surface area contributed by atoms with Crippen molar-refractivity contribution in [3.05, 3.63) is 53.1 Å². The van der Waals surface area contributed by atoms with Crippen LogP contribution in [0.15, 0.2) is 36.4 Å². The lowest BCUT2D eigenvalue weighted by Gasteiger charge is -2.04. The normalized spacial score (nSPS) is 12.2. The quantitative estimate of drug-likeness (QED) is 0.694. The number of rotatable bonds is 4. The van der Waals surface area contributed by atoms with Crippen molar-refractivity contribution < 1.29 is 24.2 Å². The average Bonchev–Trinajstić information content (AvgIpc) is 2.93. The zero-order chi connectivity index (χ0) is 15.7. The lowest BCUT2D eigenvalue weighted by molar-refractivity contribution is 0.0893. The van der Waals surface area contributed by atoms with Crippen molar-refractivity contribution in [1.82, 2.24) is 0 Å². The molecule has 0 aromatic heterocycles. The zero-order valence-electron chi connectivity index (χ0n) is 12.0. The van der Waals surface area contributed by atoms with Crippen molar-refractivity contribution in [2.45, 2.75) is 13.3 Å². The van der Waals surface area contributed by atoms with E-state index < -0.39 is 0 Å². The van der Waals surface area contributed by atoms with Crippen LogP contribution in [0, 0.1) is 6.92 Å².